The first-order chi connectivity index (χ1) is 18.3. The molecule has 3 aliphatic heterocycles. The van der Waals surface area contributed by atoms with Crippen LogP contribution in [-0.4, -0.2) is 106 Å². The van der Waals surface area contributed by atoms with Gasteiger partial charge in [0.25, 0.3) is 0 Å². The molecule has 1 aromatic carbocycles. The van der Waals surface area contributed by atoms with Gasteiger partial charge in [0.2, 0.25) is 0 Å². The van der Waals surface area contributed by atoms with Gasteiger partial charge in [0.1, 0.15) is 5.82 Å². The van der Waals surface area contributed by atoms with E-state index in [-0.39, 0.29) is 0 Å². The van der Waals surface area contributed by atoms with Crippen molar-refractivity contribution in [3.05, 3.63) is 36.3 Å². The SMILES string of the molecule is CCn1c(CN2CC(N3CCOCC3)C2)nc2c(N3CCOCC3)nc(-c3cccc4[nH]ccc34)nc21. The number of hydrogen-bond acceptors (Lipinski definition) is 8. The summed E-state index contributed by atoms with van der Waals surface area (Å²) in [7, 11) is 0. The number of aryl methyl sites for hydroxylation is 1. The lowest BCUT2D eigenvalue weighted by Crippen LogP contribution is -2.61. The van der Waals surface area contributed by atoms with Gasteiger partial charge in [-0.3, -0.25) is 9.80 Å². The fourth-order valence-electron chi connectivity index (χ4n) is 5.93. The quantitative estimate of drug-likeness (QED) is 0.430. The molecule has 1 N–H and O–H groups in total. The van der Waals surface area contributed by atoms with E-state index in [1.165, 1.54) is 0 Å². The largest absolute Gasteiger partial charge is 0.379 e. The maximum Gasteiger partial charge on any atom is 0.166 e. The molecule has 3 aliphatic rings. The Kier molecular flexibility index (Phi) is 6.04. The van der Waals surface area contributed by atoms with Crippen LogP contribution in [0.1, 0.15) is 12.7 Å². The lowest BCUT2D eigenvalue weighted by molar-refractivity contribution is -0.0352. The van der Waals surface area contributed by atoms with Gasteiger partial charge in [0.05, 0.1) is 33.0 Å². The van der Waals surface area contributed by atoms with E-state index in [0.717, 1.165) is 111 Å². The minimum absolute atomic E-state index is 0.625. The number of likely N-dealkylation sites (tertiary alicyclic amines) is 1. The van der Waals surface area contributed by atoms with Crippen molar-refractivity contribution in [3.63, 3.8) is 0 Å². The molecule has 3 saturated heterocycles. The minimum atomic E-state index is 0.625. The lowest BCUT2D eigenvalue weighted by Gasteiger charge is -2.46. The predicted molar refractivity (Wildman–Crippen MR) is 143 cm³/mol. The molecule has 0 atom stereocenters. The summed E-state index contributed by atoms with van der Waals surface area (Å²) in [5, 5.41) is 1.13. The molecule has 0 radical (unpaired) electrons. The summed E-state index contributed by atoms with van der Waals surface area (Å²) in [6, 6.07) is 8.99. The van der Waals surface area contributed by atoms with Crippen molar-refractivity contribution < 1.29 is 9.47 Å². The third-order valence-electron chi connectivity index (χ3n) is 7.98. The van der Waals surface area contributed by atoms with Gasteiger partial charge in [-0.1, -0.05) is 12.1 Å². The van der Waals surface area contributed by atoms with E-state index in [9.17, 15) is 0 Å². The molecular weight excluding hydrogens is 468 g/mol. The summed E-state index contributed by atoms with van der Waals surface area (Å²) in [5.41, 5.74) is 3.94. The van der Waals surface area contributed by atoms with Crippen molar-refractivity contribution in [3.8, 4) is 11.4 Å². The molecule has 0 bridgehead atoms. The molecule has 3 fully saturated rings. The molecule has 0 amide bonds. The molecule has 10 nitrogen and oxygen atoms in total. The van der Waals surface area contributed by atoms with Crippen LogP contribution < -0.4 is 4.90 Å². The average Bonchev–Trinajstić information content (AvgIpc) is 3.55. The monoisotopic (exact) mass is 502 g/mol. The third kappa shape index (κ3) is 4.17. The van der Waals surface area contributed by atoms with Crippen LogP contribution >= 0.6 is 0 Å². The molecule has 7 rings (SSSR count). The van der Waals surface area contributed by atoms with Gasteiger partial charge in [0.15, 0.2) is 22.8 Å². The van der Waals surface area contributed by atoms with Crippen LogP contribution in [0.5, 0.6) is 0 Å². The zero-order valence-electron chi connectivity index (χ0n) is 21.4. The third-order valence-corrected chi connectivity index (χ3v) is 7.98. The van der Waals surface area contributed by atoms with Crippen LogP contribution in [0, 0.1) is 0 Å². The first kappa shape index (κ1) is 23.1. The average molecular weight is 503 g/mol. The summed E-state index contributed by atoms with van der Waals surface area (Å²) < 4.78 is 13.5. The zero-order chi connectivity index (χ0) is 24.8. The highest BCUT2D eigenvalue weighted by Gasteiger charge is 2.34. The smallest absolute Gasteiger partial charge is 0.166 e. The molecule has 6 heterocycles. The highest BCUT2D eigenvalue weighted by atomic mass is 16.5. The van der Waals surface area contributed by atoms with Crippen LogP contribution in [0.4, 0.5) is 5.82 Å². The highest BCUT2D eigenvalue weighted by Crippen LogP contribution is 2.32. The number of nitrogens with zero attached hydrogens (tertiary/aromatic N) is 7. The first-order valence-electron chi connectivity index (χ1n) is 13.5. The maximum absolute atomic E-state index is 5.65. The molecule has 0 spiro atoms. The second kappa shape index (κ2) is 9.68. The highest BCUT2D eigenvalue weighted by molar-refractivity contribution is 5.95. The Labute approximate surface area is 216 Å². The number of aromatic amines is 1. The fourth-order valence-corrected chi connectivity index (χ4v) is 5.93. The number of benzene rings is 1. The summed E-state index contributed by atoms with van der Waals surface area (Å²) in [6.45, 7) is 12.8. The Hall–Kier alpha value is -3.05. The van der Waals surface area contributed by atoms with Gasteiger partial charge in [-0.2, -0.15) is 0 Å². The summed E-state index contributed by atoms with van der Waals surface area (Å²) in [5.74, 6) is 2.73. The lowest BCUT2D eigenvalue weighted by atomic mass is 10.1. The Morgan fingerprint density at radius 3 is 2.51 bits per heavy atom. The number of H-pyrrole nitrogens is 1. The van der Waals surface area contributed by atoms with Crippen molar-refractivity contribution in [2.24, 2.45) is 0 Å². The number of imidazole rings is 1. The Balaban J connectivity index is 1.26. The molecule has 0 saturated carbocycles. The van der Waals surface area contributed by atoms with E-state index in [1.807, 2.05) is 6.20 Å². The van der Waals surface area contributed by atoms with E-state index in [2.05, 4.69) is 55.4 Å². The summed E-state index contributed by atoms with van der Waals surface area (Å²) in [6.07, 6.45) is 1.97. The molecule has 3 aromatic heterocycles. The van der Waals surface area contributed by atoms with E-state index >= 15 is 0 Å². The number of hydrogen-bond donors (Lipinski definition) is 1. The second-order valence-electron chi connectivity index (χ2n) is 10.2. The van der Waals surface area contributed by atoms with Gasteiger partial charge in [-0.15, -0.1) is 0 Å². The molecule has 4 aromatic rings. The number of morpholine rings is 2. The van der Waals surface area contributed by atoms with Crippen molar-refractivity contribution in [2.45, 2.75) is 26.1 Å². The summed E-state index contributed by atoms with van der Waals surface area (Å²) >= 11 is 0. The molecular formula is C27H34N8O2. The zero-order valence-corrected chi connectivity index (χ0v) is 21.4. The number of aromatic nitrogens is 5. The van der Waals surface area contributed by atoms with Gasteiger partial charge in [0, 0.05) is 74.5 Å². The number of anilines is 1. The maximum atomic E-state index is 5.65. The van der Waals surface area contributed by atoms with E-state index in [4.69, 9.17) is 24.4 Å². The first-order valence-corrected chi connectivity index (χ1v) is 13.5. The topological polar surface area (TPSA) is 87.6 Å². The van der Waals surface area contributed by atoms with Crippen LogP contribution in [0.2, 0.25) is 0 Å². The van der Waals surface area contributed by atoms with Crippen molar-refractivity contribution >= 4 is 27.9 Å². The van der Waals surface area contributed by atoms with E-state index < -0.39 is 0 Å². The minimum Gasteiger partial charge on any atom is -0.379 e. The predicted octanol–water partition coefficient (Wildman–Crippen LogP) is 2.35. The second-order valence-corrected chi connectivity index (χ2v) is 10.2. The van der Waals surface area contributed by atoms with Gasteiger partial charge in [-0.25, -0.2) is 15.0 Å². The van der Waals surface area contributed by atoms with Crippen LogP contribution in [-0.2, 0) is 22.6 Å². The number of nitrogens with one attached hydrogen (secondary N) is 1. The Morgan fingerprint density at radius 1 is 0.946 bits per heavy atom. The fraction of sp³-hybridized carbons (Fsp3) is 0.519. The van der Waals surface area contributed by atoms with Crippen molar-refractivity contribution in [1.82, 2.24) is 34.3 Å². The van der Waals surface area contributed by atoms with Crippen molar-refractivity contribution in [1.29, 1.82) is 0 Å². The standard InChI is InChI=1S/C27H34N8O2/c1-2-35-23(18-32-16-19(17-32)33-8-12-36-13-9-33)29-24-26(34-10-14-37-15-11-34)30-25(31-27(24)35)21-4-3-5-22-20(21)6-7-28-22/h3-7,19,28H,2,8-18H2,1H3. The van der Waals surface area contributed by atoms with Crippen molar-refractivity contribution in [2.75, 3.05) is 70.6 Å². The molecule has 0 unspecified atom stereocenters. The van der Waals surface area contributed by atoms with Crippen LogP contribution in [0.15, 0.2) is 30.5 Å². The van der Waals surface area contributed by atoms with Gasteiger partial charge >= 0.3 is 0 Å². The van der Waals surface area contributed by atoms with Gasteiger partial charge in [-0.05, 0) is 19.1 Å². The Bertz CT molecular complexity index is 1400. The number of ether oxygens (including phenoxy) is 2. The molecule has 0 aliphatic carbocycles. The van der Waals surface area contributed by atoms with Crippen LogP contribution in [0.25, 0.3) is 33.5 Å². The van der Waals surface area contributed by atoms with Crippen LogP contribution in [0.3, 0.4) is 0 Å². The molecule has 37 heavy (non-hydrogen) atoms. The van der Waals surface area contributed by atoms with E-state index in [0.29, 0.717) is 19.3 Å². The number of rotatable bonds is 6. The number of fused-ring (bicyclic) bond motifs is 2. The van der Waals surface area contributed by atoms with Gasteiger partial charge < -0.3 is 23.9 Å². The normalized spacial score (nSPS) is 20.2. The summed E-state index contributed by atoms with van der Waals surface area (Å²) in [4.78, 5) is 26.1. The Morgan fingerprint density at radius 2 is 1.73 bits per heavy atom. The molecule has 194 valence electrons. The molecule has 10 heteroatoms. The van der Waals surface area contributed by atoms with E-state index in [1.54, 1.807) is 0 Å².